The first-order chi connectivity index (χ1) is 17.6. The number of rotatable bonds is 6. The SMILES string of the molecule is CC(C)c1c(-c2cc(CO)c3ncnn3c2)[nH]c2ccc(C3CCN(Cc4ncccn4)CC3)cc12. The molecule has 8 nitrogen and oxygen atoms in total. The van der Waals surface area contributed by atoms with Crippen LogP contribution in [0.5, 0.6) is 0 Å². The average Bonchev–Trinajstić information content (AvgIpc) is 3.53. The minimum Gasteiger partial charge on any atom is -0.392 e. The van der Waals surface area contributed by atoms with Crippen molar-refractivity contribution in [3.63, 3.8) is 0 Å². The summed E-state index contributed by atoms with van der Waals surface area (Å²) in [5.41, 5.74) is 7.40. The van der Waals surface area contributed by atoms with Crippen LogP contribution in [-0.2, 0) is 13.2 Å². The van der Waals surface area contributed by atoms with E-state index in [1.54, 1.807) is 4.52 Å². The van der Waals surface area contributed by atoms with E-state index in [9.17, 15) is 5.11 Å². The fraction of sp³-hybridized carbons (Fsp3) is 0.357. The van der Waals surface area contributed by atoms with Crippen LogP contribution >= 0.6 is 0 Å². The predicted molar refractivity (Wildman–Crippen MR) is 140 cm³/mol. The molecule has 0 radical (unpaired) electrons. The number of H-pyrrole nitrogens is 1. The Bertz CT molecular complexity index is 1500. The van der Waals surface area contributed by atoms with Crippen LogP contribution < -0.4 is 0 Å². The number of benzene rings is 1. The Morgan fingerprint density at radius 2 is 1.89 bits per heavy atom. The largest absolute Gasteiger partial charge is 0.392 e. The third-order valence-corrected chi connectivity index (χ3v) is 7.39. The zero-order valence-corrected chi connectivity index (χ0v) is 20.7. The van der Waals surface area contributed by atoms with E-state index in [4.69, 9.17) is 0 Å². The van der Waals surface area contributed by atoms with E-state index in [1.165, 1.54) is 22.8 Å². The molecule has 0 aliphatic carbocycles. The molecule has 8 heteroatoms. The number of aliphatic hydroxyl groups excluding tert-OH is 1. The summed E-state index contributed by atoms with van der Waals surface area (Å²) in [6.07, 6.45) is 9.42. The highest BCUT2D eigenvalue weighted by Gasteiger charge is 2.23. The smallest absolute Gasteiger partial charge is 0.160 e. The number of piperidine rings is 1. The van der Waals surface area contributed by atoms with Gasteiger partial charge in [0.1, 0.15) is 12.2 Å². The second-order valence-electron chi connectivity index (χ2n) is 10.0. The molecule has 184 valence electrons. The lowest BCUT2D eigenvalue weighted by molar-refractivity contribution is 0.200. The van der Waals surface area contributed by atoms with Crippen molar-refractivity contribution in [2.24, 2.45) is 0 Å². The van der Waals surface area contributed by atoms with Crippen molar-refractivity contribution >= 4 is 16.6 Å². The van der Waals surface area contributed by atoms with Gasteiger partial charge in [-0.1, -0.05) is 19.9 Å². The molecule has 2 N–H and O–H groups in total. The number of pyridine rings is 1. The average molecular weight is 482 g/mol. The van der Waals surface area contributed by atoms with E-state index in [2.05, 4.69) is 62.0 Å². The summed E-state index contributed by atoms with van der Waals surface area (Å²) in [5, 5.41) is 15.5. The number of fused-ring (bicyclic) bond motifs is 2. The molecule has 36 heavy (non-hydrogen) atoms. The van der Waals surface area contributed by atoms with Gasteiger partial charge >= 0.3 is 0 Å². The second-order valence-corrected chi connectivity index (χ2v) is 10.0. The summed E-state index contributed by atoms with van der Waals surface area (Å²) < 4.78 is 1.75. The van der Waals surface area contributed by atoms with Crippen molar-refractivity contribution in [1.82, 2.24) is 34.4 Å². The number of aromatic nitrogens is 6. The topological polar surface area (TPSA) is 95.2 Å². The van der Waals surface area contributed by atoms with Crippen LogP contribution in [0.3, 0.4) is 0 Å². The van der Waals surface area contributed by atoms with Crippen LogP contribution in [-0.4, -0.2) is 52.6 Å². The van der Waals surface area contributed by atoms with Gasteiger partial charge in [-0.15, -0.1) is 0 Å². The normalized spacial score (nSPS) is 15.4. The second kappa shape index (κ2) is 9.44. The van der Waals surface area contributed by atoms with Gasteiger partial charge in [0.05, 0.1) is 18.8 Å². The van der Waals surface area contributed by atoms with Gasteiger partial charge in [0.15, 0.2) is 5.65 Å². The number of hydrogen-bond donors (Lipinski definition) is 2. The first-order valence-corrected chi connectivity index (χ1v) is 12.7. The van der Waals surface area contributed by atoms with E-state index in [-0.39, 0.29) is 6.61 Å². The number of likely N-dealkylation sites (tertiary alicyclic amines) is 1. The Kier molecular flexibility index (Phi) is 5.99. The quantitative estimate of drug-likeness (QED) is 0.366. The molecule has 1 aromatic carbocycles. The number of aromatic amines is 1. The summed E-state index contributed by atoms with van der Waals surface area (Å²) in [5.74, 6) is 1.78. The third kappa shape index (κ3) is 4.16. The molecular formula is C28H31N7O. The van der Waals surface area contributed by atoms with Crippen molar-refractivity contribution in [3.8, 4) is 11.3 Å². The van der Waals surface area contributed by atoms with Crippen molar-refractivity contribution in [3.05, 3.63) is 77.8 Å². The molecule has 1 aliphatic heterocycles. The third-order valence-electron chi connectivity index (χ3n) is 7.39. The van der Waals surface area contributed by atoms with Crippen LogP contribution in [0.4, 0.5) is 0 Å². The van der Waals surface area contributed by atoms with Gasteiger partial charge < -0.3 is 10.1 Å². The lowest BCUT2D eigenvalue weighted by Crippen LogP contribution is -2.33. The summed E-state index contributed by atoms with van der Waals surface area (Å²) >= 11 is 0. The molecule has 5 heterocycles. The standard InChI is InChI=1S/C28H31N7O/c1-18(2)26-23-13-20(19-6-10-34(11-7-19)15-25-29-8-3-9-30-25)4-5-24(23)33-27(26)21-12-22(16-36)28-31-17-32-35(28)14-21/h3-5,8-9,12-14,17-19,33,36H,6-7,10-11,15-16H2,1-2H3. The molecule has 4 aromatic heterocycles. The highest BCUT2D eigenvalue weighted by atomic mass is 16.3. The van der Waals surface area contributed by atoms with Gasteiger partial charge in [0.25, 0.3) is 0 Å². The van der Waals surface area contributed by atoms with Gasteiger partial charge in [0.2, 0.25) is 0 Å². The van der Waals surface area contributed by atoms with Crippen molar-refractivity contribution in [2.45, 2.75) is 51.7 Å². The van der Waals surface area contributed by atoms with E-state index >= 15 is 0 Å². The van der Waals surface area contributed by atoms with E-state index < -0.39 is 0 Å². The monoisotopic (exact) mass is 481 g/mol. The molecule has 0 spiro atoms. The summed E-state index contributed by atoms with van der Waals surface area (Å²) in [4.78, 5) is 19.2. The number of aliphatic hydroxyl groups is 1. The van der Waals surface area contributed by atoms with Crippen LogP contribution in [0.2, 0.25) is 0 Å². The zero-order chi connectivity index (χ0) is 24.6. The number of hydrogen-bond acceptors (Lipinski definition) is 6. The summed E-state index contributed by atoms with van der Waals surface area (Å²) in [6, 6.07) is 10.8. The Morgan fingerprint density at radius 3 is 2.64 bits per heavy atom. The first kappa shape index (κ1) is 22.8. The van der Waals surface area contributed by atoms with Gasteiger partial charge in [-0.05, 0) is 73.2 Å². The maximum Gasteiger partial charge on any atom is 0.160 e. The first-order valence-electron chi connectivity index (χ1n) is 12.7. The van der Waals surface area contributed by atoms with Crippen molar-refractivity contribution < 1.29 is 5.11 Å². The zero-order valence-electron chi connectivity index (χ0n) is 20.7. The summed E-state index contributed by atoms with van der Waals surface area (Å²) in [7, 11) is 0. The van der Waals surface area contributed by atoms with Crippen LogP contribution in [0.25, 0.3) is 27.8 Å². The van der Waals surface area contributed by atoms with Crippen molar-refractivity contribution in [2.75, 3.05) is 13.1 Å². The fourth-order valence-corrected chi connectivity index (χ4v) is 5.60. The molecule has 1 aliphatic rings. The lowest BCUT2D eigenvalue weighted by Gasteiger charge is -2.31. The van der Waals surface area contributed by atoms with E-state index in [1.807, 2.05) is 30.7 Å². The van der Waals surface area contributed by atoms with E-state index in [0.29, 0.717) is 17.5 Å². The molecule has 0 unspecified atom stereocenters. The highest BCUT2D eigenvalue weighted by molar-refractivity contribution is 5.92. The molecular weight excluding hydrogens is 450 g/mol. The van der Waals surface area contributed by atoms with Gasteiger partial charge in [0, 0.05) is 40.6 Å². The maximum atomic E-state index is 9.92. The Labute approximate surface area is 210 Å². The molecule has 1 saturated heterocycles. The molecule has 0 amide bonds. The fourth-order valence-electron chi connectivity index (χ4n) is 5.60. The minimum absolute atomic E-state index is 0.0769. The van der Waals surface area contributed by atoms with Gasteiger partial charge in [-0.25, -0.2) is 19.5 Å². The van der Waals surface area contributed by atoms with Crippen LogP contribution in [0.1, 0.15) is 61.0 Å². The predicted octanol–water partition coefficient (Wildman–Crippen LogP) is 4.66. The number of nitrogens with zero attached hydrogens (tertiary/aromatic N) is 6. The van der Waals surface area contributed by atoms with Gasteiger partial charge in [-0.2, -0.15) is 5.10 Å². The number of nitrogens with one attached hydrogen (secondary N) is 1. The molecule has 1 fully saturated rings. The Balaban J connectivity index is 1.30. The molecule has 0 atom stereocenters. The molecule has 5 aromatic rings. The minimum atomic E-state index is -0.0769. The highest BCUT2D eigenvalue weighted by Crippen LogP contribution is 2.38. The molecule has 0 bridgehead atoms. The van der Waals surface area contributed by atoms with E-state index in [0.717, 1.165) is 60.6 Å². The van der Waals surface area contributed by atoms with Crippen molar-refractivity contribution in [1.29, 1.82) is 0 Å². The Hall–Kier alpha value is -3.62. The Morgan fingerprint density at radius 1 is 1.08 bits per heavy atom. The molecule has 0 saturated carbocycles. The summed E-state index contributed by atoms with van der Waals surface area (Å²) in [6.45, 7) is 7.33. The van der Waals surface area contributed by atoms with Gasteiger partial charge in [-0.3, -0.25) is 4.90 Å². The van der Waals surface area contributed by atoms with Crippen LogP contribution in [0, 0.1) is 0 Å². The molecule has 6 rings (SSSR count). The van der Waals surface area contributed by atoms with Crippen LogP contribution in [0.15, 0.2) is 55.2 Å². The lowest BCUT2D eigenvalue weighted by atomic mass is 9.87. The maximum absolute atomic E-state index is 9.92.